The van der Waals surface area contributed by atoms with Crippen LogP contribution in [0.3, 0.4) is 0 Å². The fourth-order valence-corrected chi connectivity index (χ4v) is 1.89. The van der Waals surface area contributed by atoms with E-state index < -0.39 is 0 Å². The van der Waals surface area contributed by atoms with Crippen LogP contribution in [0.25, 0.3) is 0 Å². The molecule has 1 aromatic carbocycles. The molecule has 0 unspecified atom stereocenters. The number of aryl methyl sites for hydroxylation is 2. The molecule has 0 spiro atoms. The highest BCUT2D eigenvalue weighted by Crippen LogP contribution is 2.19. The zero-order valence-corrected chi connectivity index (χ0v) is 11.2. The van der Waals surface area contributed by atoms with Crippen molar-refractivity contribution in [3.05, 3.63) is 47.2 Å². The highest BCUT2D eigenvalue weighted by Gasteiger charge is 2.15. The summed E-state index contributed by atoms with van der Waals surface area (Å²) >= 11 is 0. The Balaban J connectivity index is 2.30. The van der Waals surface area contributed by atoms with Gasteiger partial charge >= 0.3 is 0 Å². The van der Waals surface area contributed by atoms with E-state index in [9.17, 15) is 4.79 Å². The summed E-state index contributed by atoms with van der Waals surface area (Å²) < 4.78 is 0. The van der Waals surface area contributed by atoms with Gasteiger partial charge in [0.05, 0.1) is 0 Å². The van der Waals surface area contributed by atoms with Crippen molar-refractivity contribution in [3.8, 4) is 0 Å². The predicted octanol–water partition coefficient (Wildman–Crippen LogP) is 1.95. The minimum absolute atomic E-state index is 0.211. The molecule has 2 aromatic rings. The summed E-state index contributed by atoms with van der Waals surface area (Å²) in [6.07, 6.45) is 0. The Bertz CT molecular complexity index is 587. The molecule has 0 saturated heterocycles. The van der Waals surface area contributed by atoms with Crippen LogP contribution in [-0.2, 0) is 0 Å². The third kappa shape index (κ3) is 2.88. The highest BCUT2D eigenvalue weighted by molar-refractivity contribution is 6.04. The van der Waals surface area contributed by atoms with Crippen molar-refractivity contribution in [2.45, 2.75) is 13.8 Å². The second kappa shape index (κ2) is 5.06. The van der Waals surface area contributed by atoms with E-state index in [1.807, 2.05) is 26.0 Å². The average Bonchev–Trinajstić information content (AvgIpc) is 2.37. The van der Waals surface area contributed by atoms with Crippen molar-refractivity contribution in [1.82, 2.24) is 10.2 Å². The quantitative estimate of drug-likeness (QED) is 0.891. The molecular weight excluding hydrogens is 240 g/mol. The molecule has 5 heteroatoms. The van der Waals surface area contributed by atoms with Gasteiger partial charge in [-0.25, -0.2) is 0 Å². The van der Waals surface area contributed by atoms with Gasteiger partial charge < -0.3 is 10.6 Å². The molecule has 0 radical (unpaired) electrons. The Hall–Kier alpha value is -2.43. The number of hydrogen-bond acceptors (Lipinski definition) is 4. The first-order chi connectivity index (χ1) is 8.97. The lowest BCUT2D eigenvalue weighted by atomic mass is 10.1. The Morgan fingerprint density at radius 1 is 1.11 bits per heavy atom. The molecule has 0 aliphatic rings. The molecule has 0 bridgehead atoms. The standard InChI is InChI=1S/C14H16N4O/c1-9-6-10(2)8-11(7-9)18(3)14(19)12-4-5-13(15)17-16-12/h4-8H,1-3H3,(H2,15,17). The fraction of sp³-hybridized carbons (Fsp3) is 0.214. The summed E-state index contributed by atoms with van der Waals surface area (Å²) in [6, 6.07) is 9.11. The molecule has 98 valence electrons. The summed E-state index contributed by atoms with van der Waals surface area (Å²) in [5, 5.41) is 7.50. The van der Waals surface area contributed by atoms with Crippen LogP contribution in [0.5, 0.6) is 0 Å². The average molecular weight is 256 g/mol. The van der Waals surface area contributed by atoms with Crippen LogP contribution >= 0.6 is 0 Å². The molecule has 1 amide bonds. The first kappa shape index (κ1) is 13.0. The first-order valence-corrected chi connectivity index (χ1v) is 5.93. The molecule has 5 nitrogen and oxygen atoms in total. The van der Waals surface area contributed by atoms with Gasteiger partial charge in [0.25, 0.3) is 5.91 Å². The Morgan fingerprint density at radius 2 is 1.74 bits per heavy atom. The molecule has 2 N–H and O–H groups in total. The zero-order valence-electron chi connectivity index (χ0n) is 11.2. The summed E-state index contributed by atoms with van der Waals surface area (Å²) in [4.78, 5) is 13.8. The number of nitrogens with two attached hydrogens (primary N) is 1. The topological polar surface area (TPSA) is 72.1 Å². The summed E-state index contributed by atoms with van der Waals surface area (Å²) in [5.74, 6) is 0.0862. The molecule has 1 aromatic heterocycles. The van der Waals surface area contributed by atoms with E-state index in [0.29, 0.717) is 5.82 Å². The monoisotopic (exact) mass is 256 g/mol. The van der Waals surface area contributed by atoms with Gasteiger partial charge in [-0.1, -0.05) is 6.07 Å². The second-order valence-electron chi connectivity index (χ2n) is 4.55. The van der Waals surface area contributed by atoms with Crippen molar-refractivity contribution in [2.24, 2.45) is 0 Å². The summed E-state index contributed by atoms with van der Waals surface area (Å²) in [7, 11) is 1.72. The number of amides is 1. The summed E-state index contributed by atoms with van der Waals surface area (Å²) in [6.45, 7) is 4.00. The van der Waals surface area contributed by atoms with Gasteiger partial charge in [0.1, 0.15) is 5.82 Å². The number of carbonyl (C=O) groups is 1. The molecule has 0 saturated carbocycles. The maximum absolute atomic E-state index is 12.3. The minimum atomic E-state index is -0.211. The molecule has 2 rings (SSSR count). The minimum Gasteiger partial charge on any atom is -0.382 e. The number of nitrogens with zero attached hydrogens (tertiary/aromatic N) is 3. The molecular formula is C14H16N4O. The maximum Gasteiger partial charge on any atom is 0.278 e. The zero-order chi connectivity index (χ0) is 14.0. The van der Waals surface area contributed by atoms with Crippen LogP contribution in [-0.4, -0.2) is 23.2 Å². The number of carbonyl (C=O) groups excluding carboxylic acids is 1. The number of nitrogen functional groups attached to an aromatic ring is 1. The van der Waals surface area contributed by atoms with Gasteiger partial charge in [0.15, 0.2) is 5.69 Å². The van der Waals surface area contributed by atoms with Crippen molar-refractivity contribution < 1.29 is 4.79 Å². The smallest absolute Gasteiger partial charge is 0.278 e. The molecule has 0 atom stereocenters. The van der Waals surface area contributed by atoms with Crippen LogP contribution in [0.2, 0.25) is 0 Å². The van der Waals surface area contributed by atoms with Crippen molar-refractivity contribution >= 4 is 17.4 Å². The van der Waals surface area contributed by atoms with Crippen LogP contribution in [0.1, 0.15) is 21.6 Å². The van der Waals surface area contributed by atoms with Crippen LogP contribution < -0.4 is 10.6 Å². The van der Waals surface area contributed by atoms with Crippen molar-refractivity contribution in [3.63, 3.8) is 0 Å². The van der Waals surface area contributed by atoms with E-state index >= 15 is 0 Å². The van der Waals surface area contributed by atoms with Crippen LogP contribution in [0, 0.1) is 13.8 Å². The van der Waals surface area contributed by atoms with Gasteiger partial charge in [-0.3, -0.25) is 4.79 Å². The van der Waals surface area contributed by atoms with E-state index in [1.165, 1.54) is 0 Å². The van der Waals surface area contributed by atoms with E-state index in [4.69, 9.17) is 5.73 Å². The Labute approximate surface area is 112 Å². The second-order valence-corrected chi connectivity index (χ2v) is 4.55. The van der Waals surface area contributed by atoms with Gasteiger partial charge in [-0.05, 0) is 49.2 Å². The van der Waals surface area contributed by atoms with E-state index in [2.05, 4.69) is 16.3 Å². The molecule has 1 heterocycles. The van der Waals surface area contributed by atoms with Gasteiger partial charge in [-0.15, -0.1) is 10.2 Å². The highest BCUT2D eigenvalue weighted by atomic mass is 16.2. The Kier molecular flexibility index (Phi) is 3.46. The predicted molar refractivity (Wildman–Crippen MR) is 75.1 cm³/mol. The first-order valence-electron chi connectivity index (χ1n) is 5.93. The normalized spacial score (nSPS) is 10.3. The third-order valence-corrected chi connectivity index (χ3v) is 2.80. The van der Waals surface area contributed by atoms with Gasteiger partial charge in [0.2, 0.25) is 0 Å². The van der Waals surface area contributed by atoms with Crippen molar-refractivity contribution in [1.29, 1.82) is 0 Å². The number of hydrogen-bond donors (Lipinski definition) is 1. The molecule has 0 aliphatic carbocycles. The number of benzene rings is 1. The largest absolute Gasteiger partial charge is 0.382 e. The van der Waals surface area contributed by atoms with E-state index in [1.54, 1.807) is 24.1 Å². The summed E-state index contributed by atoms with van der Waals surface area (Å²) in [5.41, 5.74) is 8.78. The number of anilines is 2. The fourth-order valence-electron chi connectivity index (χ4n) is 1.89. The van der Waals surface area contributed by atoms with E-state index in [-0.39, 0.29) is 11.6 Å². The molecule has 0 aliphatic heterocycles. The van der Waals surface area contributed by atoms with E-state index in [0.717, 1.165) is 16.8 Å². The number of rotatable bonds is 2. The van der Waals surface area contributed by atoms with Gasteiger partial charge in [0, 0.05) is 12.7 Å². The van der Waals surface area contributed by atoms with Crippen LogP contribution in [0.15, 0.2) is 30.3 Å². The van der Waals surface area contributed by atoms with Crippen molar-refractivity contribution in [2.75, 3.05) is 17.7 Å². The van der Waals surface area contributed by atoms with Gasteiger partial charge in [-0.2, -0.15) is 0 Å². The lowest BCUT2D eigenvalue weighted by molar-refractivity contribution is 0.0987. The molecule has 19 heavy (non-hydrogen) atoms. The SMILES string of the molecule is Cc1cc(C)cc(N(C)C(=O)c2ccc(N)nn2)c1. The third-order valence-electron chi connectivity index (χ3n) is 2.80. The lowest BCUT2D eigenvalue weighted by Gasteiger charge is -2.18. The number of aromatic nitrogens is 2. The maximum atomic E-state index is 12.3. The van der Waals surface area contributed by atoms with Crippen LogP contribution in [0.4, 0.5) is 11.5 Å². The Morgan fingerprint density at radius 3 is 2.26 bits per heavy atom. The lowest BCUT2D eigenvalue weighted by Crippen LogP contribution is -2.27. The molecule has 0 fully saturated rings.